The van der Waals surface area contributed by atoms with E-state index in [2.05, 4.69) is 5.32 Å². The van der Waals surface area contributed by atoms with Crippen LogP contribution in [-0.2, 0) is 4.79 Å². The van der Waals surface area contributed by atoms with Crippen LogP contribution in [0.5, 0.6) is 5.75 Å². The molecule has 1 aromatic rings. The molecule has 0 spiro atoms. The lowest BCUT2D eigenvalue weighted by atomic mass is 9.85. The second-order valence-corrected chi connectivity index (χ2v) is 5.38. The molecule has 0 unspecified atom stereocenters. The molecule has 1 aliphatic carbocycles. The number of benzene rings is 1. The summed E-state index contributed by atoms with van der Waals surface area (Å²) in [7, 11) is 1.50. The van der Waals surface area contributed by atoms with Crippen molar-refractivity contribution in [2.24, 2.45) is 11.7 Å². The van der Waals surface area contributed by atoms with Crippen molar-refractivity contribution >= 4 is 17.5 Å². The van der Waals surface area contributed by atoms with Gasteiger partial charge < -0.3 is 21.5 Å². The molecule has 0 radical (unpaired) electrons. The Balaban J connectivity index is 1.98. The van der Waals surface area contributed by atoms with Gasteiger partial charge in [-0.05, 0) is 37.8 Å². The Bertz CT molecular complexity index is 537. The van der Waals surface area contributed by atoms with Crippen molar-refractivity contribution in [3.05, 3.63) is 23.8 Å². The number of rotatable bonds is 4. The molecule has 2 rings (SSSR count). The topological polar surface area (TPSA) is 107 Å². The number of primary amides is 1. The van der Waals surface area contributed by atoms with E-state index < -0.39 is 0 Å². The van der Waals surface area contributed by atoms with Crippen LogP contribution in [0, 0.1) is 5.92 Å². The number of hydrogen-bond acceptors (Lipinski definition) is 4. The molecule has 1 saturated carbocycles. The second-order valence-electron chi connectivity index (χ2n) is 5.38. The first-order valence-electron chi connectivity index (χ1n) is 7.05. The van der Waals surface area contributed by atoms with E-state index >= 15 is 0 Å². The van der Waals surface area contributed by atoms with Gasteiger partial charge in [0.15, 0.2) is 0 Å². The molecule has 114 valence electrons. The monoisotopic (exact) mass is 291 g/mol. The van der Waals surface area contributed by atoms with Crippen LogP contribution >= 0.6 is 0 Å². The van der Waals surface area contributed by atoms with E-state index in [1.807, 2.05) is 0 Å². The molecule has 0 aromatic heterocycles. The Morgan fingerprint density at radius 3 is 2.48 bits per heavy atom. The van der Waals surface area contributed by atoms with Crippen LogP contribution in [0.15, 0.2) is 18.2 Å². The number of amides is 2. The van der Waals surface area contributed by atoms with Crippen molar-refractivity contribution in [2.45, 2.75) is 31.7 Å². The third-order valence-corrected chi connectivity index (χ3v) is 3.93. The third kappa shape index (κ3) is 3.65. The van der Waals surface area contributed by atoms with Gasteiger partial charge in [0.1, 0.15) is 5.75 Å². The smallest absolute Gasteiger partial charge is 0.255 e. The number of nitrogens with two attached hydrogens (primary N) is 2. The van der Waals surface area contributed by atoms with Crippen molar-refractivity contribution < 1.29 is 14.3 Å². The highest BCUT2D eigenvalue weighted by Crippen LogP contribution is 2.25. The van der Waals surface area contributed by atoms with Crippen LogP contribution in [-0.4, -0.2) is 25.0 Å². The predicted octanol–water partition coefficient (Wildman–Crippen LogP) is 1.05. The maximum absolute atomic E-state index is 12.3. The molecule has 6 nitrogen and oxygen atoms in total. The molecule has 1 aliphatic rings. The Morgan fingerprint density at radius 2 is 1.90 bits per heavy atom. The van der Waals surface area contributed by atoms with Crippen LogP contribution in [0.25, 0.3) is 0 Å². The minimum Gasteiger partial charge on any atom is -0.496 e. The van der Waals surface area contributed by atoms with E-state index in [1.165, 1.54) is 7.11 Å². The molecular formula is C15H21N3O3. The van der Waals surface area contributed by atoms with Crippen LogP contribution in [0.3, 0.4) is 0 Å². The van der Waals surface area contributed by atoms with E-state index in [1.54, 1.807) is 18.2 Å². The second kappa shape index (κ2) is 6.47. The molecule has 2 amide bonds. The summed E-state index contributed by atoms with van der Waals surface area (Å²) >= 11 is 0. The molecule has 0 saturated heterocycles. The van der Waals surface area contributed by atoms with Crippen LogP contribution in [0.2, 0.25) is 0 Å². The van der Waals surface area contributed by atoms with E-state index in [0.29, 0.717) is 17.0 Å². The van der Waals surface area contributed by atoms with Gasteiger partial charge >= 0.3 is 0 Å². The fraction of sp³-hybridized carbons (Fsp3) is 0.467. The van der Waals surface area contributed by atoms with Crippen molar-refractivity contribution in [3.8, 4) is 5.75 Å². The first-order chi connectivity index (χ1) is 10.0. The lowest BCUT2D eigenvalue weighted by molar-refractivity contribution is -0.122. The number of hydrogen-bond donors (Lipinski definition) is 3. The Hall–Kier alpha value is -2.24. The average Bonchev–Trinajstić information content (AvgIpc) is 2.47. The third-order valence-electron chi connectivity index (χ3n) is 3.93. The fourth-order valence-electron chi connectivity index (χ4n) is 2.68. The van der Waals surface area contributed by atoms with Crippen molar-refractivity contribution in [1.29, 1.82) is 0 Å². The number of nitrogen functional groups attached to an aromatic ring is 1. The Labute approximate surface area is 123 Å². The molecule has 5 N–H and O–H groups in total. The van der Waals surface area contributed by atoms with Crippen LogP contribution in [0.4, 0.5) is 5.69 Å². The number of carbonyl (C=O) groups is 2. The van der Waals surface area contributed by atoms with E-state index in [9.17, 15) is 9.59 Å². The number of carbonyl (C=O) groups excluding carboxylic acids is 2. The molecule has 0 aliphatic heterocycles. The highest BCUT2D eigenvalue weighted by atomic mass is 16.5. The SMILES string of the molecule is COc1cc(N)ccc1C(=O)NC1CCC(C(N)=O)CC1. The van der Waals surface area contributed by atoms with Crippen molar-refractivity contribution in [3.63, 3.8) is 0 Å². The van der Waals surface area contributed by atoms with Gasteiger partial charge in [0, 0.05) is 23.7 Å². The Morgan fingerprint density at radius 1 is 1.24 bits per heavy atom. The van der Waals surface area contributed by atoms with E-state index in [4.69, 9.17) is 16.2 Å². The van der Waals surface area contributed by atoms with Gasteiger partial charge in [-0.3, -0.25) is 9.59 Å². The highest BCUT2D eigenvalue weighted by molar-refractivity contribution is 5.97. The lowest BCUT2D eigenvalue weighted by Crippen LogP contribution is -2.39. The summed E-state index contributed by atoms with van der Waals surface area (Å²) in [5, 5.41) is 2.98. The van der Waals surface area contributed by atoms with Crippen molar-refractivity contribution in [1.82, 2.24) is 5.32 Å². The lowest BCUT2D eigenvalue weighted by Gasteiger charge is -2.27. The molecule has 1 aromatic carbocycles. The first-order valence-corrected chi connectivity index (χ1v) is 7.05. The summed E-state index contributed by atoms with van der Waals surface area (Å²) in [4.78, 5) is 23.4. The maximum Gasteiger partial charge on any atom is 0.255 e. The minimum atomic E-state index is -0.250. The zero-order chi connectivity index (χ0) is 15.4. The summed E-state index contributed by atoms with van der Waals surface area (Å²) in [6.45, 7) is 0. The fourth-order valence-corrected chi connectivity index (χ4v) is 2.68. The summed E-state index contributed by atoms with van der Waals surface area (Å²) in [6, 6.07) is 5.01. The van der Waals surface area contributed by atoms with Gasteiger partial charge in [0.05, 0.1) is 12.7 Å². The maximum atomic E-state index is 12.3. The van der Waals surface area contributed by atoms with Gasteiger partial charge in [-0.15, -0.1) is 0 Å². The molecular weight excluding hydrogens is 270 g/mol. The number of methoxy groups -OCH3 is 1. The van der Waals surface area contributed by atoms with Crippen LogP contribution < -0.4 is 21.5 Å². The van der Waals surface area contributed by atoms with Gasteiger partial charge in [0.2, 0.25) is 5.91 Å². The molecule has 0 bridgehead atoms. The minimum absolute atomic E-state index is 0.0651. The largest absolute Gasteiger partial charge is 0.496 e. The first kappa shape index (κ1) is 15.2. The standard InChI is InChI=1S/C15H21N3O3/c1-21-13-8-10(16)4-7-12(13)15(20)18-11-5-2-9(3-6-11)14(17)19/h4,7-9,11H,2-3,5-6,16H2,1H3,(H2,17,19)(H,18,20). The van der Waals surface area contributed by atoms with Crippen molar-refractivity contribution in [2.75, 3.05) is 12.8 Å². The van der Waals surface area contributed by atoms with E-state index in [-0.39, 0.29) is 23.8 Å². The normalized spacial score (nSPS) is 21.6. The molecule has 1 fully saturated rings. The molecule has 6 heteroatoms. The summed E-state index contributed by atoms with van der Waals surface area (Å²) in [6.07, 6.45) is 2.96. The summed E-state index contributed by atoms with van der Waals surface area (Å²) in [5.74, 6) is -0.0445. The number of nitrogens with one attached hydrogen (secondary N) is 1. The molecule has 21 heavy (non-hydrogen) atoms. The van der Waals surface area contributed by atoms with Gasteiger partial charge in [-0.1, -0.05) is 0 Å². The van der Waals surface area contributed by atoms with Gasteiger partial charge in [-0.2, -0.15) is 0 Å². The predicted molar refractivity (Wildman–Crippen MR) is 79.8 cm³/mol. The zero-order valence-corrected chi connectivity index (χ0v) is 12.1. The quantitative estimate of drug-likeness (QED) is 0.721. The summed E-state index contributed by atoms with van der Waals surface area (Å²) in [5.41, 5.74) is 12.0. The van der Waals surface area contributed by atoms with Gasteiger partial charge in [-0.25, -0.2) is 0 Å². The molecule has 0 atom stereocenters. The van der Waals surface area contributed by atoms with Gasteiger partial charge in [0.25, 0.3) is 5.91 Å². The highest BCUT2D eigenvalue weighted by Gasteiger charge is 2.26. The average molecular weight is 291 g/mol. The van der Waals surface area contributed by atoms with Crippen LogP contribution in [0.1, 0.15) is 36.0 Å². The number of ether oxygens (including phenoxy) is 1. The number of anilines is 1. The molecule has 0 heterocycles. The Kier molecular flexibility index (Phi) is 4.67. The van der Waals surface area contributed by atoms with E-state index in [0.717, 1.165) is 25.7 Å². The summed E-state index contributed by atoms with van der Waals surface area (Å²) < 4.78 is 5.18. The zero-order valence-electron chi connectivity index (χ0n) is 12.1.